The van der Waals surface area contributed by atoms with E-state index in [1.807, 2.05) is 0 Å². The van der Waals surface area contributed by atoms with Gasteiger partial charge in [0.05, 0.1) is 5.92 Å². The molecule has 0 fully saturated rings. The second-order valence-electron chi connectivity index (χ2n) is 3.54. The summed E-state index contributed by atoms with van der Waals surface area (Å²) in [6.45, 7) is 4.31. The van der Waals surface area contributed by atoms with Crippen LogP contribution in [0.15, 0.2) is 0 Å². The summed E-state index contributed by atoms with van der Waals surface area (Å²) in [6.07, 6.45) is 0. The third kappa shape index (κ3) is 2.86. The number of hydrogen-bond acceptors (Lipinski definition) is 3. The molecule has 1 N–H and O–H groups in total. The van der Waals surface area contributed by atoms with Crippen molar-refractivity contribution in [2.45, 2.75) is 20.8 Å². The van der Waals surface area contributed by atoms with Gasteiger partial charge in [-0.3, -0.25) is 14.9 Å². The molecule has 0 saturated carbocycles. The van der Waals surface area contributed by atoms with Gasteiger partial charge >= 0.3 is 5.97 Å². The topological polar surface area (TPSA) is 80.4 Å². The predicted octanol–water partition coefficient (Wildman–Crippen LogP) is 1.01. The average Bonchev–Trinajstić information content (AvgIpc) is 1.82. The molecule has 0 amide bonds. The molecule has 12 heavy (non-hydrogen) atoms. The van der Waals surface area contributed by atoms with E-state index in [0.29, 0.717) is 0 Å². The third-order valence-corrected chi connectivity index (χ3v) is 2.08. The quantitative estimate of drug-likeness (QED) is 0.510. The third-order valence-electron chi connectivity index (χ3n) is 2.08. The second kappa shape index (κ2) is 3.51. The molecule has 0 aliphatic carbocycles. The summed E-state index contributed by atoms with van der Waals surface area (Å²) in [5.41, 5.74) is -0.796. The Kier molecular flexibility index (Phi) is 3.18. The van der Waals surface area contributed by atoms with Crippen molar-refractivity contribution in [2.75, 3.05) is 6.54 Å². The highest BCUT2D eigenvalue weighted by Crippen LogP contribution is 2.26. The van der Waals surface area contributed by atoms with Crippen LogP contribution in [0, 0.1) is 21.4 Å². The lowest BCUT2D eigenvalue weighted by molar-refractivity contribution is -0.497. The molecule has 0 aliphatic heterocycles. The summed E-state index contributed by atoms with van der Waals surface area (Å²) >= 11 is 0. The number of nitro groups is 1. The van der Waals surface area contributed by atoms with Crippen LogP contribution < -0.4 is 0 Å². The smallest absolute Gasteiger partial charge is 0.307 e. The molecule has 0 aliphatic rings. The van der Waals surface area contributed by atoms with Crippen LogP contribution in [0.5, 0.6) is 0 Å². The van der Waals surface area contributed by atoms with Crippen molar-refractivity contribution < 1.29 is 14.8 Å². The number of carboxylic acid groups (broad SMARTS) is 1. The van der Waals surface area contributed by atoms with Gasteiger partial charge in [-0.1, -0.05) is 20.8 Å². The Labute approximate surface area is 70.5 Å². The normalized spacial score (nSPS) is 13.9. The molecule has 0 saturated heterocycles. The van der Waals surface area contributed by atoms with Crippen LogP contribution in [0.25, 0.3) is 0 Å². The average molecular weight is 175 g/mol. The molecule has 0 bridgehead atoms. The molecule has 0 rings (SSSR count). The first-order valence-electron chi connectivity index (χ1n) is 3.62. The molecule has 0 radical (unpaired) electrons. The van der Waals surface area contributed by atoms with Crippen molar-refractivity contribution in [3.8, 4) is 0 Å². The maximum atomic E-state index is 10.5. The Bertz CT molecular complexity index is 200. The molecule has 5 nitrogen and oxygen atoms in total. The largest absolute Gasteiger partial charge is 0.481 e. The zero-order chi connectivity index (χ0) is 9.94. The van der Waals surface area contributed by atoms with E-state index in [4.69, 9.17) is 5.11 Å². The number of carboxylic acids is 1. The number of aliphatic carboxylic acids is 1. The molecule has 0 aromatic heterocycles. The Morgan fingerprint density at radius 2 is 2.08 bits per heavy atom. The Balaban J connectivity index is 4.38. The first-order chi connectivity index (χ1) is 5.27. The fourth-order valence-electron chi connectivity index (χ4n) is 0.804. The van der Waals surface area contributed by atoms with Gasteiger partial charge < -0.3 is 5.11 Å². The van der Waals surface area contributed by atoms with E-state index in [1.54, 1.807) is 13.8 Å². The van der Waals surface area contributed by atoms with E-state index in [-0.39, 0.29) is 6.54 Å². The van der Waals surface area contributed by atoms with Crippen LogP contribution >= 0.6 is 0 Å². The molecule has 70 valence electrons. The number of hydrogen-bond donors (Lipinski definition) is 1. The predicted molar refractivity (Wildman–Crippen MR) is 42.4 cm³/mol. The van der Waals surface area contributed by atoms with Crippen LogP contribution in [0.2, 0.25) is 0 Å². The van der Waals surface area contributed by atoms with E-state index in [2.05, 4.69) is 0 Å². The fraction of sp³-hybridized carbons (Fsp3) is 0.857. The highest BCUT2D eigenvalue weighted by molar-refractivity contribution is 5.70. The monoisotopic (exact) mass is 175 g/mol. The van der Waals surface area contributed by atoms with Gasteiger partial charge in [0, 0.05) is 10.3 Å². The van der Waals surface area contributed by atoms with E-state index in [9.17, 15) is 14.9 Å². The lowest BCUT2D eigenvalue weighted by Crippen LogP contribution is -2.34. The van der Waals surface area contributed by atoms with Crippen molar-refractivity contribution in [2.24, 2.45) is 11.3 Å². The Hall–Kier alpha value is -1.13. The standard InChI is InChI=1S/C7H13NO4/c1-5(6(9)10)7(2,3)4-8(11)12/h5H,4H2,1-3H3,(H,9,10). The SMILES string of the molecule is CC(C(=O)O)C(C)(C)C[N+](=O)[O-]. The van der Waals surface area contributed by atoms with E-state index < -0.39 is 22.2 Å². The maximum Gasteiger partial charge on any atom is 0.307 e. The molecule has 0 spiro atoms. The van der Waals surface area contributed by atoms with Crippen LogP contribution in [-0.2, 0) is 4.79 Å². The number of carbonyl (C=O) groups is 1. The highest BCUT2D eigenvalue weighted by atomic mass is 16.6. The van der Waals surface area contributed by atoms with Crippen LogP contribution in [0.4, 0.5) is 0 Å². The zero-order valence-corrected chi connectivity index (χ0v) is 7.40. The van der Waals surface area contributed by atoms with Crippen molar-refractivity contribution in [1.29, 1.82) is 0 Å². The van der Waals surface area contributed by atoms with Crippen LogP contribution in [0.3, 0.4) is 0 Å². The van der Waals surface area contributed by atoms with Crippen LogP contribution in [0.1, 0.15) is 20.8 Å². The minimum atomic E-state index is -0.998. The zero-order valence-electron chi connectivity index (χ0n) is 7.40. The first kappa shape index (κ1) is 10.9. The van der Waals surface area contributed by atoms with E-state index >= 15 is 0 Å². The van der Waals surface area contributed by atoms with Crippen molar-refractivity contribution in [3.05, 3.63) is 10.1 Å². The van der Waals surface area contributed by atoms with Crippen molar-refractivity contribution >= 4 is 5.97 Å². The van der Waals surface area contributed by atoms with Gasteiger partial charge in [-0.2, -0.15) is 0 Å². The molecule has 1 atom stereocenters. The summed E-state index contributed by atoms with van der Waals surface area (Å²) in [4.78, 5) is 20.2. The van der Waals surface area contributed by atoms with Gasteiger partial charge in [0.15, 0.2) is 0 Å². The fourth-order valence-corrected chi connectivity index (χ4v) is 0.804. The summed E-state index contributed by atoms with van der Waals surface area (Å²) in [5.74, 6) is -1.70. The molecule has 0 aromatic rings. The lowest BCUT2D eigenvalue weighted by Gasteiger charge is -2.23. The van der Waals surface area contributed by atoms with E-state index in [1.165, 1.54) is 6.92 Å². The van der Waals surface area contributed by atoms with Crippen molar-refractivity contribution in [1.82, 2.24) is 0 Å². The molecule has 5 heteroatoms. The first-order valence-corrected chi connectivity index (χ1v) is 3.62. The Morgan fingerprint density at radius 1 is 1.67 bits per heavy atom. The molecule has 0 heterocycles. The number of nitrogens with zero attached hydrogens (tertiary/aromatic N) is 1. The van der Waals surface area contributed by atoms with Crippen LogP contribution in [-0.4, -0.2) is 22.5 Å². The maximum absolute atomic E-state index is 10.5. The summed E-state index contributed by atoms with van der Waals surface area (Å²) in [5, 5.41) is 18.8. The Morgan fingerprint density at radius 3 is 2.33 bits per heavy atom. The lowest BCUT2D eigenvalue weighted by atomic mass is 9.80. The van der Waals surface area contributed by atoms with Gasteiger partial charge in [-0.15, -0.1) is 0 Å². The van der Waals surface area contributed by atoms with Gasteiger partial charge in [0.1, 0.15) is 0 Å². The highest BCUT2D eigenvalue weighted by Gasteiger charge is 2.35. The second-order valence-corrected chi connectivity index (χ2v) is 3.54. The van der Waals surface area contributed by atoms with Crippen molar-refractivity contribution in [3.63, 3.8) is 0 Å². The summed E-state index contributed by atoms with van der Waals surface area (Å²) < 4.78 is 0. The molecular weight excluding hydrogens is 162 g/mol. The molecular formula is C7H13NO4. The summed E-state index contributed by atoms with van der Waals surface area (Å²) in [6, 6.07) is 0. The van der Waals surface area contributed by atoms with Gasteiger partial charge in [-0.05, 0) is 0 Å². The minimum absolute atomic E-state index is 0.319. The molecule has 0 aromatic carbocycles. The minimum Gasteiger partial charge on any atom is -0.481 e. The van der Waals surface area contributed by atoms with Gasteiger partial charge in [0.25, 0.3) is 0 Å². The molecule has 1 unspecified atom stereocenters. The van der Waals surface area contributed by atoms with E-state index in [0.717, 1.165) is 0 Å². The number of rotatable bonds is 4. The van der Waals surface area contributed by atoms with Gasteiger partial charge in [0.2, 0.25) is 6.54 Å². The van der Waals surface area contributed by atoms with Gasteiger partial charge in [-0.25, -0.2) is 0 Å². The summed E-state index contributed by atoms with van der Waals surface area (Å²) in [7, 11) is 0.